The van der Waals surface area contributed by atoms with Crippen LogP contribution in [0.25, 0.3) is 0 Å². The second-order valence-corrected chi connectivity index (χ2v) is 10.2. The number of rotatable bonds is 9. The van der Waals surface area contributed by atoms with Crippen molar-refractivity contribution in [3.05, 3.63) is 29.8 Å². The fourth-order valence-corrected chi connectivity index (χ4v) is 5.41. The van der Waals surface area contributed by atoms with Crippen LogP contribution in [0.3, 0.4) is 0 Å². The molecule has 1 aromatic carbocycles. The largest absolute Gasteiger partial charge is 0.299 e. The first-order valence-corrected chi connectivity index (χ1v) is 12.2. The Balaban J connectivity index is 2.25. The van der Waals surface area contributed by atoms with Gasteiger partial charge in [-0.3, -0.25) is 14.4 Å². The Kier molecular flexibility index (Phi) is 7.63. The number of nitrogens with one attached hydrogen (secondary N) is 1. The number of thioether (sulfide) groups is 1. The summed E-state index contributed by atoms with van der Waals surface area (Å²) in [5, 5.41) is 11.1. The molecule has 1 amide bonds. The van der Waals surface area contributed by atoms with Crippen LogP contribution in [-0.2, 0) is 14.8 Å². The van der Waals surface area contributed by atoms with Crippen molar-refractivity contribution < 1.29 is 13.2 Å². The van der Waals surface area contributed by atoms with Gasteiger partial charge in [-0.15, -0.1) is 10.2 Å². The van der Waals surface area contributed by atoms with E-state index in [0.29, 0.717) is 17.2 Å². The summed E-state index contributed by atoms with van der Waals surface area (Å²) in [6, 6.07) is 6.21. The van der Waals surface area contributed by atoms with Crippen molar-refractivity contribution in [2.75, 3.05) is 21.6 Å². The third kappa shape index (κ3) is 5.91. The van der Waals surface area contributed by atoms with E-state index in [9.17, 15) is 13.2 Å². The monoisotopic (exact) mass is 428 g/mol. The summed E-state index contributed by atoms with van der Waals surface area (Å²) in [4.78, 5) is 12.8. The molecule has 0 saturated carbocycles. The van der Waals surface area contributed by atoms with Gasteiger partial charge in [-0.25, -0.2) is 8.42 Å². The van der Waals surface area contributed by atoms with E-state index in [1.807, 2.05) is 13.0 Å². The van der Waals surface area contributed by atoms with Gasteiger partial charge in [-0.2, -0.15) is 0 Å². The number of anilines is 2. The lowest BCUT2D eigenvalue weighted by molar-refractivity contribution is -0.117. The van der Waals surface area contributed by atoms with Gasteiger partial charge in [0.2, 0.25) is 21.1 Å². The summed E-state index contributed by atoms with van der Waals surface area (Å²) >= 11 is 2.87. The Morgan fingerprint density at radius 2 is 2.07 bits per heavy atom. The molecule has 0 aliphatic rings. The molecule has 1 N–H and O–H groups in total. The fourth-order valence-electron chi connectivity index (χ4n) is 2.52. The Hall–Kier alpha value is -1.65. The number of carbonyl (C=O) groups excluding carboxylic acids is 1. The van der Waals surface area contributed by atoms with E-state index < -0.39 is 22.0 Å². The molecule has 2 aromatic rings. The van der Waals surface area contributed by atoms with Gasteiger partial charge in [0.05, 0.1) is 11.9 Å². The number of benzene rings is 1. The van der Waals surface area contributed by atoms with E-state index >= 15 is 0 Å². The molecule has 0 aliphatic heterocycles. The highest BCUT2D eigenvalue weighted by atomic mass is 32.2. The first kappa shape index (κ1) is 21.6. The number of hydrogen-bond donors (Lipinski definition) is 1. The number of aromatic nitrogens is 2. The van der Waals surface area contributed by atoms with Gasteiger partial charge in [0.1, 0.15) is 6.04 Å². The Morgan fingerprint density at radius 1 is 1.33 bits per heavy atom. The van der Waals surface area contributed by atoms with E-state index in [1.54, 1.807) is 36.9 Å². The zero-order valence-electron chi connectivity index (χ0n) is 15.8. The highest BCUT2D eigenvalue weighted by Gasteiger charge is 2.32. The van der Waals surface area contributed by atoms with Crippen molar-refractivity contribution in [2.24, 2.45) is 0 Å². The van der Waals surface area contributed by atoms with Crippen LogP contribution >= 0.6 is 23.1 Å². The number of amides is 1. The summed E-state index contributed by atoms with van der Waals surface area (Å²) in [6.07, 6.45) is 2.45. The average Bonchev–Trinajstić information content (AvgIpc) is 3.03. The number of aryl methyl sites for hydroxylation is 1. The van der Waals surface area contributed by atoms with Gasteiger partial charge in [-0.05, 0) is 37.5 Å². The molecule has 0 bridgehead atoms. The van der Waals surface area contributed by atoms with E-state index in [-0.39, 0.29) is 0 Å². The van der Waals surface area contributed by atoms with Crippen molar-refractivity contribution in [3.63, 3.8) is 0 Å². The summed E-state index contributed by atoms with van der Waals surface area (Å²) in [6.45, 7) is 5.73. The normalized spacial score (nSPS) is 12.6. The van der Waals surface area contributed by atoms with E-state index in [0.717, 1.165) is 28.3 Å². The quantitative estimate of drug-likeness (QED) is 0.485. The zero-order valence-corrected chi connectivity index (χ0v) is 18.2. The van der Waals surface area contributed by atoms with E-state index in [1.165, 1.54) is 15.6 Å². The molecular formula is C17H24N4O3S3. The van der Waals surface area contributed by atoms with Gasteiger partial charge in [-0.1, -0.05) is 49.1 Å². The molecule has 0 fully saturated rings. The van der Waals surface area contributed by atoms with Crippen molar-refractivity contribution in [3.8, 4) is 0 Å². The third-order valence-electron chi connectivity index (χ3n) is 3.65. The van der Waals surface area contributed by atoms with Gasteiger partial charge >= 0.3 is 0 Å². The van der Waals surface area contributed by atoms with Crippen molar-refractivity contribution in [1.82, 2.24) is 10.2 Å². The van der Waals surface area contributed by atoms with Gasteiger partial charge in [0.25, 0.3) is 0 Å². The smallest absolute Gasteiger partial charge is 0.250 e. The SMILES string of the molecule is CCCSc1nnc(NC(=O)C(CC)N(c2cccc(C)c2)S(C)(=O)=O)s1. The molecule has 1 atom stereocenters. The summed E-state index contributed by atoms with van der Waals surface area (Å²) < 4.78 is 26.8. The molecule has 10 heteroatoms. The number of hydrogen-bond acceptors (Lipinski definition) is 7. The molecule has 1 aromatic heterocycles. The minimum absolute atomic E-state index is 0.323. The second kappa shape index (κ2) is 9.52. The maximum atomic E-state index is 12.8. The Labute approximate surface area is 168 Å². The molecule has 0 spiro atoms. The van der Waals surface area contributed by atoms with Crippen LogP contribution in [-0.4, -0.2) is 42.6 Å². The first-order valence-electron chi connectivity index (χ1n) is 8.59. The molecule has 0 radical (unpaired) electrons. The molecule has 27 heavy (non-hydrogen) atoms. The van der Waals surface area contributed by atoms with Crippen molar-refractivity contribution in [1.29, 1.82) is 0 Å². The number of sulfonamides is 1. The molecule has 1 unspecified atom stereocenters. The molecule has 0 saturated heterocycles. The predicted molar refractivity (Wildman–Crippen MR) is 112 cm³/mol. The average molecular weight is 429 g/mol. The van der Waals surface area contributed by atoms with Crippen LogP contribution in [0.2, 0.25) is 0 Å². The standard InChI is InChI=1S/C17H24N4O3S3/c1-5-10-25-17-20-19-16(26-17)18-15(22)14(6-2)21(27(4,23)24)13-9-7-8-12(3)11-13/h7-9,11,14H,5-6,10H2,1-4H3,(H,18,19,22). The maximum Gasteiger partial charge on any atom is 0.250 e. The van der Waals surface area contributed by atoms with E-state index in [4.69, 9.17) is 0 Å². The Morgan fingerprint density at radius 3 is 2.67 bits per heavy atom. The lowest BCUT2D eigenvalue weighted by Crippen LogP contribution is -2.47. The minimum Gasteiger partial charge on any atom is -0.299 e. The molecule has 7 nitrogen and oxygen atoms in total. The lowest BCUT2D eigenvalue weighted by Gasteiger charge is -2.30. The van der Waals surface area contributed by atoms with Crippen LogP contribution in [0.1, 0.15) is 32.3 Å². The number of nitrogens with zero attached hydrogens (tertiary/aromatic N) is 3. The predicted octanol–water partition coefficient (Wildman–Crippen LogP) is 3.53. The van der Waals surface area contributed by atoms with Crippen LogP contribution in [0.5, 0.6) is 0 Å². The van der Waals surface area contributed by atoms with Gasteiger partial charge in [0.15, 0.2) is 4.34 Å². The topological polar surface area (TPSA) is 92.3 Å². The molecule has 0 aliphatic carbocycles. The minimum atomic E-state index is -3.65. The van der Waals surface area contributed by atoms with Gasteiger partial charge in [0, 0.05) is 5.75 Å². The van der Waals surface area contributed by atoms with Crippen molar-refractivity contribution in [2.45, 2.75) is 44.0 Å². The first-order chi connectivity index (χ1) is 12.8. The van der Waals surface area contributed by atoms with Crippen molar-refractivity contribution >= 4 is 49.8 Å². The van der Waals surface area contributed by atoms with Gasteiger partial charge < -0.3 is 0 Å². The molecular weight excluding hydrogens is 404 g/mol. The van der Waals surface area contributed by atoms with Crippen LogP contribution < -0.4 is 9.62 Å². The number of carbonyl (C=O) groups is 1. The van der Waals surface area contributed by atoms with Crippen LogP contribution in [0.15, 0.2) is 28.6 Å². The molecule has 2 rings (SSSR count). The summed E-state index contributed by atoms with van der Waals surface area (Å²) in [7, 11) is -3.65. The zero-order chi connectivity index (χ0) is 20.0. The fraction of sp³-hybridized carbons (Fsp3) is 0.471. The highest BCUT2D eigenvalue weighted by Crippen LogP contribution is 2.27. The third-order valence-corrected chi connectivity index (χ3v) is 7.01. The second-order valence-electron chi connectivity index (χ2n) is 6.03. The van der Waals surface area contributed by atoms with Crippen LogP contribution in [0, 0.1) is 6.92 Å². The summed E-state index contributed by atoms with van der Waals surface area (Å²) in [5.41, 5.74) is 1.38. The molecule has 148 valence electrons. The highest BCUT2D eigenvalue weighted by molar-refractivity contribution is 8.01. The van der Waals surface area contributed by atoms with Crippen LogP contribution in [0.4, 0.5) is 10.8 Å². The summed E-state index contributed by atoms with van der Waals surface area (Å²) in [5.74, 6) is 0.502. The Bertz CT molecular complexity index is 883. The lowest BCUT2D eigenvalue weighted by atomic mass is 10.1. The maximum absolute atomic E-state index is 12.8. The molecule has 1 heterocycles. The van der Waals surface area contributed by atoms with E-state index in [2.05, 4.69) is 22.4 Å².